The monoisotopic (exact) mass is 257 g/mol. The van der Waals surface area contributed by atoms with Crippen LogP contribution in [0, 0.1) is 0 Å². The summed E-state index contributed by atoms with van der Waals surface area (Å²) in [5.74, 6) is 0. The van der Waals surface area contributed by atoms with Crippen LogP contribution in [0.25, 0.3) is 5.65 Å². The van der Waals surface area contributed by atoms with Crippen LogP contribution in [0.4, 0.5) is 5.69 Å². The van der Waals surface area contributed by atoms with Crippen molar-refractivity contribution < 1.29 is 5.11 Å². The highest BCUT2D eigenvalue weighted by molar-refractivity contribution is 5.42. The molecule has 0 aliphatic heterocycles. The number of fused-ring (bicyclic) bond motifs is 1. The summed E-state index contributed by atoms with van der Waals surface area (Å²) in [6.07, 6.45) is 7.59. The number of imidazole rings is 1. The number of aromatic nitrogens is 4. The molecule has 2 N–H and O–H groups in total. The first-order chi connectivity index (χ1) is 9.35. The number of nitrogens with one attached hydrogen (secondary N) is 1. The summed E-state index contributed by atoms with van der Waals surface area (Å²) < 4.78 is 3.69. The van der Waals surface area contributed by atoms with Gasteiger partial charge in [0.25, 0.3) is 0 Å². The molecule has 0 amide bonds. The molecule has 3 heterocycles. The zero-order chi connectivity index (χ0) is 13.1. The first-order valence-corrected chi connectivity index (χ1v) is 6.15. The van der Waals surface area contributed by atoms with Crippen molar-refractivity contribution in [1.82, 2.24) is 19.2 Å². The van der Waals surface area contributed by atoms with E-state index in [1.807, 2.05) is 41.2 Å². The molecule has 0 radical (unpaired) electrons. The zero-order valence-electron chi connectivity index (χ0n) is 10.4. The Kier molecular flexibility index (Phi) is 3.16. The highest BCUT2D eigenvalue weighted by atomic mass is 16.3. The van der Waals surface area contributed by atoms with Crippen LogP contribution in [0.5, 0.6) is 0 Å². The number of hydrogen-bond donors (Lipinski definition) is 2. The van der Waals surface area contributed by atoms with Gasteiger partial charge in [0.15, 0.2) is 0 Å². The van der Waals surface area contributed by atoms with E-state index in [0.29, 0.717) is 13.1 Å². The van der Waals surface area contributed by atoms with E-state index in [1.54, 1.807) is 10.9 Å². The Morgan fingerprint density at radius 2 is 2.21 bits per heavy atom. The topological polar surface area (TPSA) is 67.4 Å². The molecule has 0 aromatic carbocycles. The fourth-order valence-corrected chi connectivity index (χ4v) is 1.94. The van der Waals surface area contributed by atoms with E-state index in [2.05, 4.69) is 15.4 Å². The minimum Gasteiger partial charge on any atom is -0.394 e. The average molecular weight is 257 g/mol. The van der Waals surface area contributed by atoms with Crippen LogP contribution < -0.4 is 5.32 Å². The highest BCUT2D eigenvalue weighted by Crippen LogP contribution is 2.09. The SMILES string of the molecule is OCCn1cc(NCc2cn3ccccc3n2)cn1. The summed E-state index contributed by atoms with van der Waals surface area (Å²) in [4.78, 5) is 4.50. The number of anilines is 1. The van der Waals surface area contributed by atoms with Crippen molar-refractivity contribution in [3.63, 3.8) is 0 Å². The van der Waals surface area contributed by atoms with Crippen LogP contribution in [-0.4, -0.2) is 30.9 Å². The molecule has 0 saturated carbocycles. The summed E-state index contributed by atoms with van der Waals surface area (Å²) in [5.41, 5.74) is 2.84. The van der Waals surface area contributed by atoms with Gasteiger partial charge in [-0.2, -0.15) is 5.10 Å². The predicted octanol–water partition coefficient (Wildman–Crippen LogP) is 1.14. The molecular weight excluding hydrogens is 242 g/mol. The second kappa shape index (κ2) is 5.11. The van der Waals surface area contributed by atoms with Gasteiger partial charge in [0.1, 0.15) is 5.65 Å². The van der Waals surface area contributed by atoms with Gasteiger partial charge >= 0.3 is 0 Å². The smallest absolute Gasteiger partial charge is 0.137 e. The maximum absolute atomic E-state index is 8.82. The van der Waals surface area contributed by atoms with Crippen molar-refractivity contribution in [1.29, 1.82) is 0 Å². The van der Waals surface area contributed by atoms with Crippen LogP contribution in [0.2, 0.25) is 0 Å². The number of nitrogens with zero attached hydrogens (tertiary/aromatic N) is 4. The Hall–Kier alpha value is -2.34. The standard InChI is InChI=1S/C13H15N5O/c19-6-5-18-10-11(8-15-18)14-7-12-9-17-4-2-1-3-13(17)16-12/h1-4,8-10,14,19H,5-7H2. The third-order valence-corrected chi connectivity index (χ3v) is 2.85. The lowest BCUT2D eigenvalue weighted by molar-refractivity contribution is 0.269. The summed E-state index contributed by atoms with van der Waals surface area (Å²) in [7, 11) is 0. The maximum Gasteiger partial charge on any atom is 0.137 e. The number of aliphatic hydroxyl groups is 1. The van der Waals surface area contributed by atoms with E-state index in [-0.39, 0.29) is 6.61 Å². The van der Waals surface area contributed by atoms with Crippen molar-refractivity contribution in [2.75, 3.05) is 11.9 Å². The summed E-state index contributed by atoms with van der Waals surface area (Å²) in [6.45, 7) is 1.25. The molecule has 0 atom stereocenters. The molecule has 0 saturated heterocycles. The molecule has 3 aromatic rings. The van der Waals surface area contributed by atoms with E-state index >= 15 is 0 Å². The molecule has 6 nitrogen and oxygen atoms in total. The number of rotatable bonds is 5. The van der Waals surface area contributed by atoms with Crippen molar-refractivity contribution in [3.8, 4) is 0 Å². The molecular formula is C13H15N5O. The lowest BCUT2D eigenvalue weighted by atomic mass is 10.4. The molecule has 0 bridgehead atoms. The molecule has 3 rings (SSSR count). The Bertz CT molecular complexity index is 639. The van der Waals surface area contributed by atoms with Crippen LogP contribution in [0.15, 0.2) is 43.0 Å². The highest BCUT2D eigenvalue weighted by Gasteiger charge is 2.02. The molecule has 0 fully saturated rings. The summed E-state index contributed by atoms with van der Waals surface area (Å²) in [5, 5.41) is 16.2. The largest absolute Gasteiger partial charge is 0.394 e. The van der Waals surface area contributed by atoms with Crippen LogP contribution in [-0.2, 0) is 13.1 Å². The lowest BCUT2D eigenvalue weighted by Crippen LogP contribution is -2.02. The molecule has 0 aliphatic carbocycles. The first-order valence-electron chi connectivity index (χ1n) is 6.15. The average Bonchev–Trinajstić information content (AvgIpc) is 3.02. The fourth-order valence-electron chi connectivity index (χ4n) is 1.94. The van der Waals surface area contributed by atoms with Crippen LogP contribution >= 0.6 is 0 Å². The fraction of sp³-hybridized carbons (Fsp3) is 0.231. The predicted molar refractivity (Wildman–Crippen MR) is 71.8 cm³/mol. The van der Waals surface area contributed by atoms with Crippen LogP contribution in [0.3, 0.4) is 0 Å². The van der Waals surface area contributed by atoms with Crippen LogP contribution in [0.1, 0.15) is 5.69 Å². The number of hydrogen-bond acceptors (Lipinski definition) is 4. The normalized spacial score (nSPS) is 11.0. The minimum absolute atomic E-state index is 0.0908. The first kappa shape index (κ1) is 11.7. The molecule has 3 aromatic heterocycles. The third kappa shape index (κ3) is 2.58. The molecule has 98 valence electrons. The van der Waals surface area contributed by atoms with Gasteiger partial charge in [-0.3, -0.25) is 4.68 Å². The Morgan fingerprint density at radius 1 is 1.26 bits per heavy atom. The second-order valence-corrected chi connectivity index (χ2v) is 4.27. The van der Waals surface area contributed by atoms with Gasteiger partial charge in [-0.15, -0.1) is 0 Å². The Balaban J connectivity index is 1.67. The van der Waals surface area contributed by atoms with E-state index in [4.69, 9.17) is 5.11 Å². The Morgan fingerprint density at radius 3 is 3.05 bits per heavy atom. The minimum atomic E-state index is 0.0908. The third-order valence-electron chi connectivity index (χ3n) is 2.85. The lowest BCUT2D eigenvalue weighted by Gasteiger charge is -1.99. The van der Waals surface area contributed by atoms with E-state index in [9.17, 15) is 0 Å². The Labute approximate surface area is 110 Å². The van der Waals surface area contributed by atoms with Gasteiger partial charge in [-0.1, -0.05) is 6.07 Å². The quantitative estimate of drug-likeness (QED) is 0.719. The second-order valence-electron chi connectivity index (χ2n) is 4.27. The van der Waals surface area contributed by atoms with Gasteiger partial charge in [0, 0.05) is 18.6 Å². The summed E-state index contributed by atoms with van der Waals surface area (Å²) in [6, 6.07) is 5.92. The van der Waals surface area contributed by atoms with Gasteiger partial charge in [-0.25, -0.2) is 4.98 Å². The molecule has 0 unspecified atom stereocenters. The number of pyridine rings is 1. The van der Waals surface area contributed by atoms with Gasteiger partial charge in [0.2, 0.25) is 0 Å². The van der Waals surface area contributed by atoms with Crippen molar-refractivity contribution >= 4 is 11.3 Å². The van der Waals surface area contributed by atoms with Gasteiger partial charge in [0.05, 0.1) is 37.3 Å². The zero-order valence-corrected chi connectivity index (χ0v) is 10.4. The van der Waals surface area contributed by atoms with Gasteiger partial charge in [-0.05, 0) is 12.1 Å². The molecule has 0 spiro atoms. The van der Waals surface area contributed by atoms with E-state index in [1.165, 1.54) is 0 Å². The van der Waals surface area contributed by atoms with Crippen molar-refractivity contribution in [3.05, 3.63) is 48.7 Å². The van der Waals surface area contributed by atoms with Crippen molar-refractivity contribution in [2.24, 2.45) is 0 Å². The summed E-state index contributed by atoms with van der Waals surface area (Å²) >= 11 is 0. The maximum atomic E-state index is 8.82. The van der Waals surface area contributed by atoms with E-state index < -0.39 is 0 Å². The molecule has 0 aliphatic rings. The van der Waals surface area contributed by atoms with E-state index in [0.717, 1.165) is 17.0 Å². The van der Waals surface area contributed by atoms with Gasteiger partial charge < -0.3 is 14.8 Å². The van der Waals surface area contributed by atoms with Crippen molar-refractivity contribution in [2.45, 2.75) is 13.1 Å². The molecule has 6 heteroatoms. The molecule has 19 heavy (non-hydrogen) atoms. The number of aliphatic hydroxyl groups excluding tert-OH is 1.